The Hall–Kier alpha value is -2.12. The number of nitrogens with one attached hydrogen (secondary N) is 1. The van der Waals surface area contributed by atoms with Crippen molar-refractivity contribution in [3.8, 4) is 0 Å². The highest BCUT2D eigenvalue weighted by atomic mass is 35.5. The van der Waals surface area contributed by atoms with E-state index in [0.717, 1.165) is 61.6 Å². The Bertz CT molecular complexity index is 986. The molecular formula is C18H25ClN6O. The first-order chi connectivity index (χ1) is 12.1. The van der Waals surface area contributed by atoms with E-state index >= 15 is 0 Å². The molecule has 1 aliphatic heterocycles. The summed E-state index contributed by atoms with van der Waals surface area (Å²) in [7, 11) is 0. The zero-order chi connectivity index (χ0) is 17.6. The van der Waals surface area contributed by atoms with E-state index in [-0.39, 0.29) is 18.0 Å². The summed E-state index contributed by atoms with van der Waals surface area (Å²) in [5, 5.41) is 7.52. The Morgan fingerprint density at radius 1 is 1.23 bits per heavy atom. The number of fused-ring (bicyclic) bond motifs is 2. The van der Waals surface area contributed by atoms with Crippen LogP contribution in [-0.2, 0) is 25.9 Å². The molecule has 140 valence electrons. The SMILES string of the molecule is CCn1ncc(CN2CCc3nc4cc(C)[nH]n4c(=O)c3CC2)c1C.Cl. The minimum absolute atomic E-state index is 0. The molecule has 26 heavy (non-hydrogen) atoms. The van der Waals surface area contributed by atoms with E-state index in [0.29, 0.717) is 0 Å². The van der Waals surface area contributed by atoms with E-state index in [1.54, 1.807) is 4.52 Å². The molecule has 0 fully saturated rings. The molecule has 0 atom stereocenters. The summed E-state index contributed by atoms with van der Waals surface area (Å²) in [5.41, 5.74) is 6.01. The average Bonchev–Trinajstić information content (AvgIpc) is 3.06. The molecule has 0 radical (unpaired) electrons. The zero-order valence-electron chi connectivity index (χ0n) is 15.4. The highest BCUT2D eigenvalue weighted by molar-refractivity contribution is 5.85. The lowest BCUT2D eigenvalue weighted by Gasteiger charge is -2.19. The third kappa shape index (κ3) is 3.17. The lowest BCUT2D eigenvalue weighted by atomic mass is 10.1. The third-order valence-electron chi connectivity index (χ3n) is 5.16. The Labute approximate surface area is 158 Å². The quantitative estimate of drug-likeness (QED) is 0.757. The standard InChI is InChI=1S/C18H24N6O.ClH/c1-4-23-13(3)14(10-19-23)11-22-7-5-15-16(6-8-22)20-17-9-12(2)21-24(17)18(15)25;/h9-10,21H,4-8,11H2,1-3H3;1H. The maximum Gasteiger partial charge on any atom is 0.276 e. The predicted octanol–water partition coefficient (Wildman–Crippen LogP) is 1.88. The molecule has 0 bridgehead atoms. The molecular weight excluding hydrogens is 352 g/mol. The number of aromatic amines is 1. The van der Waals surface area contributed by atoms with Gasteiger partial charge in [0.1, 0.15) is 0 Å². The van der Waals surface area contributed by atoms with Crippen molar-refractivity contribution in [2.75, 3.05) is 13.1 Å². The molecule has 4 rings (SSSR count). The minimum Gasteiger partial charge on any atom is -0.298 e. The molecule has 1 N–H and O–H groups in total. The van der Waals surface area contributed by atoms with E-state index in [9.17, 15) is 4.79 Å². The molecule has 0 unspecified atom stereocenters. The average molecular weight is 377 g/mol. The van der Waals surface area contributed by atoms with Gasteiger partial charge in [0.25, 0.3) is 5.56 Å². The van der Waals surface area contributed by atoms with E-state index in [1.807, 2.05) is 23.9 Å². The number of rotatable bonds is 3. The van der Waals surface area contributed by atoms with Crippen LogP contribution in [0.1, 0.15) is 35.1 Å². The number of hydrogen-bond acceptors (Lipinski definition) is 4. The van der Waals surface area contributed by atoms with Crippen LogP contribution in [0.15, 0.2) is 17.1 Å². The molecule has 3 aromatic rings. The van der Waals surface area contributed by atoms with Crippen LogP contribution in [0.2, 0.25) is 0 Å². The Morgan fingerprint density at radius 3 is 2.73 bits per heavy atom. The number of aromatic nitrogens is 5. The van der Waals surface area contributed by atoms with Crippen molar-refractivity contribution in [1.29, 1.82) is 0 Å². The van der Waals surface area contributed by atoms with Gasteiger partial charge in [0.15, 0.2) is 5.65 Å². The summed E-state index contributed by atoms with van der Waals surface area (Å²) in [4.78, 5) is 19.9. The lowest BCUT2D eigenvalue weighted by Crippen LogP contribution is -2.27. The Balaban J connectivity index is 0.00000196. The van der Waals surface area contributed by atoms with Crippen molar-refractivity contribution < 1.29 is 0 Å². The number of nitrogens with zero attached hydrogens (tertiary/aromatic N) is 5. The minimum atomic E-state index is 0. The Kier molecular flexibility index (Phi) is 5.20. The van der Waals surface area contributed by atoms with Crippen LogP contribution in [0.3, 0.4) is 0 Å². The Morgan fingerprint density at radius 2 is 2.00 bits per heavy atom. The van der Waals surface area contributed by atoms with E-state index < -0.39 is 0 Å². The lowest BCUT2D eigenvalue weighted by molar-refractivity contribution is 0.278. The van der Waals surface area contributed by atoms with Gasteiger partial charge in [-0.15, -0.1) is 12.4 Å². The molecule has 0 aromatic carbocycles. The van der Waals surface area contributed by atoms with Gasteiger partial charge in [0, 0.05) is 61.2 Å². The van der Waals surface area contributed by atoms with Gasteiger partial charge in [0.05, 0.1) is 11.9 Å². The van der Waals surface area contributed by atoms with Gasteiger partial charge in [-0.1, -0.05) is 0 Å². The zero-order valence-corrected chi connectivity index (χ0v) is 16.3. The van der Waals surface area contributed by atoms with Crippen LogP contribution < -0.4 is 5.56 Å². The van der Waals surface area contributed by atoms with Crippen molar-refractivity contribution in [3.63, 3.8) is 0 Å². The molecule has 0 saturated heterocycles. The van der Waals surface area contributed by atoms with Crippen LogP contribution in [-0.4, -0.2) is 42.4 Å². The highest BCUT2D eigenvalue weighted by Gasteiger charge is 2.21. The van der Waals surface area contributed by atoms with Gasteiger partial charge < -0.3 is 0 Å². The van der Waals surface area contributed by atoms with Crippen LogP contribution in [0, 0.1) is 13.8 Å². The highest BCUT2D eigenvalue weighted by Crippen LogP contribution is 2.16. The summed E-state index contributed by atoms with van der Waals surface area (Å²) in [6, 6.07) is 1.92. The number of aryl methyl sites for hydroxylation is 2. The monoisotopic (exact) mass is 376 g/mol. The van der Waals surface area contributed by atoms with Gasteiger partial charge >= 0.3 is 0 Å². The summed E-state index contributed by atoms with van der Waals surface area (Å²) < 4.78 is 3.60. The van der Waals surface area contributed by atoms with Gasteiger partial charge in [0.2, 0.25) is 0 Å². The van der Waals surface area contributed by atoms with Crippen LogP contribution in [0.4, 0.5) is 0 Å². The molecule has 7 nitrogen and oxygen atoms in total. The first kappa shape index (κ1) is 18.7. The van der Waals surface area contributed by atoms with Gasteiger partial charge in [-0.3, -0.25) is 19.5 Å². The molecule has 4 heterocycles. The number of H-pyrrole nitrogens is 1. The number of hydrogen-bond donors (Lipinski definition) is 1. The van der Waals surface area contributed by atoms with Crippen molar-refractivity contribution in [1.82, 2.24) is 29.3 Å². The normalized spacial score (nSPS) is 14.9. The second kappa shape index (κ2) is 7.25. The number of halogens is 1. The van der Waals surface area contributed by atoms with Crippen LogP contribution in [0.5, 0.6) is 0 Å². The fraction of sp³-hybridized carbons (Fsp3) is 0.500. The summed E-state index contributed by atoms with van der Waals surface area (Å²) in [5.74, 6) is 0. The molecule has 0 aliphatic carbocycles. The first-order valence-electron chi connectivity index (χ1n) is 8.90. The first-order valence-corrected chi connectivity index (χ1v) is 8.90. The maximum absolute atomic E-state index is 12.8. The third-order valence-corrected chi connectivity index (χ3v) is 5.16. The summed E-state index contributed by atoms with van der Waals surface area (Å²) in [6.45, 7) is 9.72. The van der Waals surface area contributed by atoms with Crippen molar-refractivity contribution >= 4 is 18.1 Å². The topological polar surface area (TPSA) is 71.2 Å². The van der Waals surface area contributed by atoms with Gasteiger partial charge in [-0.25, -0.2) is 9.50 Å². The van der Waals surface area contributed by atoms with Gasteiger partial charge in [-0.2, -0.15) is 5.10 Å². The molecule has 0 amide bonds. The predicted molar refractivity (Wildman–Crippen MR) is 103 cm³/mol. The molecule has 3 aromatic heterocycles. The largest absolute Gasteiger partial charge is 0.298 e. The van der Waals surface area contributed by atoms with E-state index in [4.69, 9.17) is 4.98 Å². The molecule has 8 heteroatoms. The van der Waals surface area contributed by atoms with Crippen molar-refractivity contribution in [3.05, 3.63) is 50.8 Å². The van der Waals surface area contributed by atoms with E-state index in [2.05, 4.69) is 28.9 Å². The van der Waals surface area contributed by atoms with E-state index in [1.165, 1.54) is 11.3 Å². The molecule has 0 saturated carbocycles. The van der Waals surface area contributed by atoms with Crippen molar-refractivity contribution in [2.24, 2.45) is 0 Å². The van der Waals surface area contributed by atoms with Crippen molar-refractivity contribution in [2.45, 2.75) is 46.7 Å². The second-order valence-electron chi connectivity index (χ2n) is 6.82. The maximum atomic E-state index is 12.8. The summed E-state index contributed by atoms with van der Waals surface area (Å²) >= 11 is 0. The van der Waals surface area contributed by atoms with Crippen LogP contribution >= 0.6 is 12.4 Å². The fourth-order valence-corrected chi connectivity index (χ4v) is 3.69. The smallest absolute Gasteiger partial charge is 0.276 e. The second-order valence-corrected chi connectivity index (χ2v) is 6.82. The molecule has 0 spiro atoms. The van der Waals surface area contributed by atoms with Gasteiger partial charge in [-0.05, 0) is 27.2 Å². The summed E-state index contributed by atoms with van der Waals surface area (Å²) in [6.07, 6.45) is 3.52. The van der Waals surface area contributed by atoms with Crippen LogP contribution in [0.25, 0.3) is 5.65 Å². The molecule has 1 aliphatic rings. The fourth-order valence-electron chi connectivity index (χ4n) is 3.69.